The molecule has 0 aliphatic heterocycles. The minimum Gasteiger partial charge on any atom is -0.456 e. The van der Waals surface area contributed by atoms with Crippen molar-refractivity contribution >= 4 is 17.5 Å². The SMILES string of the molecule is CC(=O)OC(C)(C)C=CC(=O)[C@](C)(O)[C@H]1[C@H](O)C[C@@]2(C)[C@@H]3CC=C4[C@@H](C[C@H](O)[C@@H](O)C4(C)C)[C@]3(C)C(=O)C[C@]12C. The summed E-state index contributed by atoms with van der Waals surface area (Å²) >= 11 is 0. The number of aliphatic hydroxyl groups is 4. The largest absolute Gasteiger partial charge is 0.456 e. The number of ketones is 2. The zero-order valence-electron chi connectivity index (χ0n) is 25.4. The summed E-state index contributed by atoms with van der Waals surface area (Å²) in [6.45, 7) is 15.7. The molecule has 4 aliphatic rings. The van der Waals surface area contributed by atoms with Crippen LogP contribution in [0, 0.1) is 39.4 Å². The van der Waals surface area contributed by atoms with Crippen molar-refractivity contribution in [2.24, 2.45) is 39.4 Å². The molecule has 0 saturated heterocycles. The number of hydrogen-bond donors (Lipinski definition) is 4. The van der Waals surface area contributed by atoms with E-state index in [2.05, 4.69) is 13.0 Å². The second-order valence-electron chi connectivity index (χ2n) is 15.0. The van der Waals surface area contributed by atoms with Gasteiger partial charge in [-0.25, -0.2) is 0 Å². The molecule has 4 rings (SSSR count). The molecule has 8 heteroatoms. The summed E-state index contributed by atoms with van der Waals surface area (Å²) in [4.78, 5) is 39.2. The molecule has 0 aromatic carbocycles. The molecule has 0 amide bonds. The van der Waals surface area contributed by atoms with Crippen LogP contribution in [0.1, 0.15) is 88.0 Å². The molecule has 0 unspecified atom stereocenters. The molecule has 8 nitrogen and oxygen atoms in total. The van der Waals surface area contributed by atoms with Crippen LogP contribution in [0.3, 0.4) is 0 Å². The lowest BCUT2D eigenvalue weighted by Crippen LogP contribution is -2.65. The standard InChI is InChI=1S/C32H48O8/c1-17(33)40-27(2,3)13-12-23(36)32(9,39)25-21(35)15-29(6)22-11-10-18-19(14-20(34)26(38)28(18,4)5)31(22,8)24(37)16-30(25,29)7/h10,12-13,19-22,25-26,34-35,38-39H,11,14-16H2,1-9H3/t19-,20+,21-,22+,25+,26-,29+,30-,31+,32+/m1/s1. The number of Topliss-reactive ketones (excluding diaryl/α,β-unsaturated/α-hetero) is 1. The van der Waals surface area contributed by atoms with Gasteiger partial charge in [-0.05, 0) is 74.9 Å². The molecule has 0 aromatic heterocycles. The van der Waals surface area contributed by atoms with Crippen LogP contribution >= 0.6 is 0 Å². The van der Waals surface area contributed by atoms with Gasteiger partial charge in [0.25, 0.3) is 0 Å². The van der Waals surface area contributed by atoms with E-state index in [1.807, 2.05) is 27.7 Å². The third kappa shape index (κ3) is 4.19. The average molecular weight is 561 g/mol. The first-order chi connectivity index (χ1) is 18.1. The molecule has 0 heterocycles. The molecular formula is C32H48O8. The fourth-order valence-corrected chi connectivity index (χ4v) is 9.55. The van der Waals surface area contributed by atoms with Crippen LogP contribution in [0.25, 0.3) is 0 Å². The van der Waals surface area contributed by atoms with Gasteiger partial charge in [0.15, 0.2) is 5.78 Å². The molecule has 0 bridgehead atoms. The normalized spacial score (nSPS) is 44.2. The number of aliphatic hydroxyl groups excluding tert-OH is 3. The molecule has 40 heavy (non-hydrogen) atoms. The van der Waals surface area contributed by atoms with Gasteiger partial charge in [0.1, 0.15) is 17.0 Å². The van der Waals surface area contributed by atoms with Crippen molar-refractivity contribution in [1.29, 1.82) is 0 Å². The highest BCUT2D eigenvalue weighted by Gasteiger charge is 2.74. The maximum atomic E-state index is 14.3. The predicted molar refractivity (Wildman–Crippen MR) is 149 cm³/mol. The second-order valence-corrected chi connectivity index (χ2v) is 15.0. The molecule has 224 valence electrons. The summed E-state index contributed by atoms with van der Waals surface area (Å²) in [6, 6.07) is 0. The first-order valence-corrected chi connectivity index (χ1v) is 14.5. The highest BCUT2D eigenvalue weighted by Crippen LogP contribution is 2.74. The van der Waals surface area contributed by atoms with Crippen LogP contribution in [0.15, 0.2) is 23.8 Å². The summed E-state index contributed by atoms with van der Waals surface area (Å²) in [5, 5.41) is 44.9. The van der Waals surface area contributed by atoms with Gasteiger partial charge in [-0.15, -0.1) is 0 Å². The molecule has 10 atom stereocenters. The third-order valence-corrected chi connectivity index (χ3v) is 11.8. The average Bonchev–Trinajstić information content (AvgIpc) is 3.01. The number of allylic oxidation sites excluding steroid dienone is 1. The number of carbonyl (C=O) groups excluding carboxylic acids is 3. The van der Waals surface area contributed by atoms with Crippen molar-refractivity contribution < 1.29 is 39.5 Å². The highest BCUT2D eigenvalue weighted by molar-refractivity contribution is 5.97. The van der Waals surface area contributed by atoms with E-state index < -0.39 is 68.8 Å². The smallest absolute Gasteiger partial charge is 0.303 e. The van der Waals surface area contributed by atoms with Crippen LogP contribution in [0.5, 0.6) is 0 Å². The second kappa shape index (κ2) is 9.32. The summed E-state index contributed by atoms with van der Waals surface area (Å²) in [5.74, 6) is -2.48. The molecule has 0 aromatic rings. The van der Waals surface area contributed by atoms with E-state index in [-0.39, 0.29) is 30.5 Å². The van der Waals surface area contributed by atoms with Gasteiger partial charge in [0.05, 0.1) is 18.3 Å². The maximum Gasteiger partial charge on any atom is 0.303 e. The summed E-state index contributed by atoms with van der Waals surface area (Å²) in [7, 11) is 0. The number of rotatable bonds is 5. The Morgan fingerprint density at radius 1 is 1.02 bits per heavy atom. The van der Waals surface area contributed by atoms with Crippen LogP contribution in [0.4, 0.5) is 0 Å². The lowest BCUT2D eigenvalue weighted by Gasteiger charge is -2.65. The molecule has 0 spiro atoms. The van der Waals surface area contributed by atoms with Crippen molar-refractivity contribution in [3.05, 3.63) is 23.8 Å². The Labute approximate surface area is 237 Å². The highest BCUT2D eigenvalue weighted by atomic mass is 16.6. The van der Waals surface area contributed by atoms with E-state index in [1.165, 1.54) is 26.0 Å². The zero-order chi connectivity index (χ0) is 30.4. The van der Waals surface area contributed by atoms with Crippen molar-refractivity contribution in [3.8, 4) is 0 Å². The van der Waals surface area contributed by atoms with E-state index >= 15 is 0 Å². The van der Waals surface area contributed by atoms with Crippen molar-refractivity contribution in [2.75, 3.05) is 0 Å². The first kappa shape index (κ1) is 31.1. The third-order valence-electron chi connectivity index (χ3n) is 11.8. The maximum absolute atomic E-state index is 14.3. The Hall–Kier alpha value is -1.87. The first-order valence-electron chi connectivity index (χ1n) is 14.5. The van der Waals surface area contributed by atoms with E-state index in [0.717, 1.165) is 5.57 Å². The Balaban J connectivity index is 1.74. The topological polar surface area (TPSA) is 141 Å². The van der Waals surface area contributed by atoms with Gasteiger partial charge >= 0.3 is 5.97 Å². The number of fused-ring (bicyclic) bond motifs is 5. The van der Waals surface area contributed by atoms with Gasteiger partial charge in [0.2, 0.25) is 0 Å². The number of ether oxygens (including phenoxy) is 1. The van der Waals surface area contributed by atoms with E-state index in [0.29, 0.717) is 12.8 Å². The summed E-state index contributed by atoms with van der Waals surface area (Å²) < 4.78 is 5.23. The Bertz CT molecular complexity index is 1160. The monoisotopic (exact) mass is 560 g/mol. The van der Waals surface area contributed by atoms with E-state index in [1.54, 1.807) is 13.8 Å². The fraction of sp³-hybridized carbons (Fsp3) is 0.781. The number of carbonyl (C=O) groups is 3. The van der Waals surface area contributed by atoms with Gasteiger partial charge in [-0.1, -0.05) is 46.3 Å². The predicted octanol–water partition coefficient (Wildman–Crippen LogP) is 3.29. The lowest BCUT2D eigenvalue weighted by atomic mass is 9.38. The van der Waals surface area contributed by atoms with Gasteiger partial charge in [-0.2, -0.15) is 0 Å². The molecule has 4 N–H and O–H groups in total. The minimum atomic E-state index is -1.98. The van der Waals surface area contributed by atoms with Crippen LogP contribution < -0.4 is 0 Å². The quantitative estimate of drug-likeness (QED) is 0.228. The number of hydrogen-bond acceptors (Lipinski definition) is 8. The zero-order valence-corrected chi connectivity index (χ0v) is 25.4. The van der Waals surface area contributed by atoms with Crippen LogP contribution in [-0.4, -0.2) is 67.5 Å². The fourth-order valence-electron chi connectivity index (χ4n) is 9.55. The van der Waals surface area contributed by atoms with Crippen LogP contribution in [0.2, 0.25) is 0 Å². The van der Waals surface area contributed by atoms with E-state index in [9.17, 15) is 34.8 Å². The van der Waals surface area contributed by atoms with Gasteiger partial charge in [0, 0.05) is 30.1 Å². The molecule has 3 fully saturated rings. The lowest BCUT2D eigenvalue weighted by molar-refractivity contribution is -0.186. The van der Waals surface area contributed by atoms with Gasteiger partial charge in [-0.3, -0.25) is 14.4 Å². The molecule has 3 saturated carbocycles. The molecular weight excluding hydrogens is 512 g/mol. The van der Waals surface area contributed by atoms with E-state index in [4.69, 9.17) is 4.74 Å². The Kier molecular flexibility index (Phi) is 7.24. The molecule has 0 radical (unpaired) electrons. The van der Waals surface area contributed by atoms with Crippen LogP contribution in [-0.2, 0) is 19.1 Å². The molecule has 4 aliphatic carbocycles. The van der Waals surface area contributed by atoms with Crippen molar-refractivity contribution in [1.82, 2.24) is 0 Å². The Morgan fingerprint density at radius 2 is 1.62 bits per heavy atom. The Morgan fingerprint density at radius 3 is 2.20 bits per heavy atom. The van der Waals surface area contributed by atoms with Crippen molar-refractivity contribution in [2.45, 2.75) is 118 Å². The van der Waals surface area contributed by atoms with Gasteiger partial charge < -0.3 is 25.2 Å². The summed E-state index contributed by atoms with van der Waals surface area (Å²) in [6.07, 6.45) is 3.10. The minimum absolute atomic E-state index is 0.00125. The van der Waals surface area contributed by atoms with Crippen molar-refractivity contribution in [3.63, 3.8) is 0 Å². The number of esters is 1. The summed E-state index contributed by atoms with van der Waals surface area (Å²) in [5.41, 5.74) is -5.04.